The molecule has 1 saturated heterocycles. The number of nitrogens with zero attached hydrogens (tertiary/aromatic N) is 3. The van der Waals surface area contributed by atoms with Crippen LogP contribution in [0.5, 0.6) is 0 Å². The molecule has 1 aromatic heterocycles. The number of aryl methyl sites for hydroxylation is 1. The molecule has 1 atom stereocenters. The van der Waals surface area contributed by atoms with Crippen molar-refractivity contribution in [1.29, 1.82) is 0 Å². The van der Waals surface area contributed by atoms with Gasteiger partial charge in [0.15, 0.2) is 4.34 Å². The molecule has 0 radical (unpaired) electrons. The monoisotopic (exact) mass is 362 g/mol. The highest BCUT2D eigenvalue weighted by atomic mass is 32.2. The molecule has 0 spiro atoms. The number of benzene rings is 1. The molecule has 6 nitrogen and oxygen atoms in total. The maximum absolute atomic E-state index is 12.4. The molecule has 2 heterocycles. The fraction of sp³-hybridized carbons (Fsp3) is 0.375. The van der Waals surface area contributed by atoms with Gasteiger partial charge in [-0.1, -0.05) is 47.7 Å². The maximum Gasteiger partial charge on any atom is 0.231 e. The van der Waals surface area contributed by atoms with Gasteiger partial charge in [-0.3, -0.25) is 9.59 Å². The van der Waals surface area contributed by atoms with E-state index >= 15 is 0 Å². The van der Waals surface area contributed by atoms with Crippen LogP contribution in [0.25, 0.3) is 0 Å². The van der Waals surface area contributed by atoms with Gasteiger partial charge in [-0.2, -0.15) is 0 Å². The minimum absolute atomic E-state index is 0.0292. The van der Waals surface area contributed by atoms with E-state index in [0.717, 1.165) is 21.3 Å². The van der Waals surface area contributed by atoms with Gasteiger partial charge < -0.3 is 10.2 Å². The molecule has 1 aliphatic rings. The number of hydrogen-bond donors (Lipinski definition) is 1. The van der Waals surface area contributed by atoms with Gasteiger partial charge in [0.25, 0.3) is 0 Å². The highest BCUT2D eigenvalue weighted by Gasteiger charge is 2.35. The summed E-state index contributed by atoms with van der Waals surface area (Å²) in [5.74, 6) is 0.330. The average Bonchev–Trinajstić information content (AvgIpc) is 3.15. The number of amides is 2. The predicted octanol–water partition coefficient (Wildman–Crippen LogP) is 2.95. The number of anilines is 2. The van der Waals surface area contributed by atoms with Gasteiger partial charge in [-0.05, 0) is 24.8 Å². The summed E-state index contributed by atoms with van der Waals surface area (Å²) in [6, 6.07) is 7.74. The van der Waals surface area contributed by atoms with E-state index in [4.69, 9.17) is 0 Å². The van der Waals surface area contributed by atoms with E-state index in [-0.39, 0.29) is 24.2 Å². The molecule has 1 aliphatic heterocycles. The maximum atomic E-state index is 12.4. The second kappa shape index (κ2) is 7.31. The normalized spacial score (nSPS) is 17.3. The summed E-state index contributed by atoms with van der Waals surface area (Å²) < 4.78 is 0.830. The largest absolute Gasteiger partial charge is 0.312 e. The van der Waals surface area contributed by atoms with E-state index < -0.39 is 0 Å². The van der Waals surface area contributed by atoms with Crippen molar-refractivity contribution in [2.75, 3.05) is 22.5 Å². The van der Waals surface area contributed by atoms with Crippen LogP contribution in [-0.2, 0) is 9.59 Å². The Labute approximate surface area is 148 Å². The van der Waals surface area contributed by atoms with Crippen molar-refractivity contribution in [1.82, 2.24) is 10.2 Å². The molecule has 8 heteroatoms. The summed E-state index contributed by atoms with van der Waals surface area (Å²) in [4.78, 5) is 26.3. The van der Waals surface area contributed by atoms with Gasteiger partial charge in [0, 0.05) is 18.7 Å². The van der Waals surface area contributed by atoms with Crippen LogP contribution >= 0.6 is 23.1 Å². The SMILES string of the molecule is CCSc1nnc(NC(=O)[C@@H]2CC(=O)N(c3ccc(C)cc3)C2)s1. The quantitative estimate of drug-likeness (QED) is 0.654. The first kappa shape index (κ1) is 16.9. The van der Waals surface area contributed by atoms with Gasteiger partial charge in [-0.25, -0.2) is 0 Å². The van der Waals surface area contributed by atoms with Crippen LogP contribution in [0.4, 0.5) is 10.8 Å². The highest BCUT2D eigenvalue weighted by Crippen LogP contribution is 2.28. The van der Waals surface area contributed by atoms with Crippen molar-refractivity contribution in [2.45, 2.75) is 24.6 Å². The summed E-state index contributed by atoms with van der Waals surface area (Å²) in [5.41, 5.74) is 1.97. The topological polar surface area (TPSA) is 75.2 Å². The molecule has 1 fully saturated rings. The van der Waals surface area contributed by atoms with E-state index in [1.807, 2.05) is 38.1 Å². The van der Waals surface area contributed by atoms with Crippen molar-refractivity contribution < 1.29 is 9.59 Å². The van der Waals surface area contributed by atoms with E-state index in [1.54, 1.807) is 16.7 Å². The Balaban J connectivity index is 1.64. The molecule has 0 saturated carbocycles. The van der Waals surface area contributed by atoms with Gasteiger partial charge in [0.1, 0.15) is 0 Å². The summed E-state index contributed by atoms with van der Waals surface area (Å²) >= 11 is 2.94. The van der Waals surface area contributed by atoms with Crippen LogP contribution in [0.15, 0.2) is 28.6 Å². The first-order valence-electron chi connectivity index (χ1n) is 7.71. The van der Waals surface area contributed by atoms with Gasteiger partial charge in [0.05, 0.1) is 5.92 Å². The lowest BCUT2D eigenvalue weighted by molar-refractivity contribution is -0.122. The predicted molar refractivity (Wildman–Crippen MR) is 96.6 cm³/mol. The molecule has 1 aromatic carbocycles. The number of nitrogens with one attached hydrogen (secondary N) is 1. The van der Waals surface area contributed by atoms with Crippen LogP contribution in [0.1, 0.15) is 18.9 Å². The zero-order valence-corrected chi connectivity index (χ0v) is 15.1. The Hall–Kier alpha value is -1.93. The molecule has 2 amide bonds. The fourth-order valence-corrected chi connectivity index (χ4v) is 4.16. The minimum Gasteiger partial charge on any atom is -0.312 e. The van der Waals surface area contributed by atoms with E-state index in [2.05, 4.69) is 15.5 Å². The standard InChI is InChI=1S/C16H18N4O2S2/c1-3-23-16-19-18-15(24-16)17-14(22)11-8-13(21)20(9-11)12-6-4-10(2)5-7-12/h4-7,11H,3,8-9H2,1-2H3,(H,17,18,22)/t11-/m1/s1. The Bertz CT molecular complexity index is 745. The minimum atomic E-state index is -0.370. The number of carbonyl (C=O) groups is 2. The van der Waals surface area contributed by atoms with Crippen molar-refractivity contribution >= 4 is 45.7 Å². The Morgan fingerprint density at radius 3 is 2.83 bits per heavy atom. The third kappa shape index (κ3) is 3.76. The van der Waals surface area contributed by atoms with Crippen molar-refractivity contribution in [2.24, 2.45) is 5.92 Å². The lowest BCUT2D eigenvalue weighted by Crippen LogP contribution is -2.28. The second-order valence-electron chi connectivity index (χ2n) is 5.54. The first-order valence-corrected chi connectivity index (χ1v) is 9.51. The van der Waals surface area contributed by atoms with Crippen LogP contribution < -0.4 is 10.2 Å². The van der Waals surface area contributed by atoms with Crippen LogP contribution in [0.2, 0.25) is 0 Å². The lowest BCUT2D eigenvalue weighted by Gasteiger charge is -2.16. The van der Waals surface area contributed by atoms with Gasteiger partial charge in [0.2, 0.25) is 16.9 Å². The molecule has 0 bridgehead atoms. The number of thioether (sulfide) groups is 1. The zero-order chi connectivity index (χ0) is 17.1. The second-order valence-corrected chi connectivity index (χ2v) is 8.02. The molecule has 24 heavy (non-hydrogen) atoms. The summed E-state index contributed by atoms with van der Waals surface area (Å²) in [6.45, 7) is 4.43. The number of rotatable bonds is 5. The molecule has 126 valence electrons. The Kier molecular flexibility index (Phi) is 5.15. The lowest BCUT2D eigenvalue weighted by atomic mass is 10.1. The Morgan fingerprint density at radius 1 is 1.38 bits per heavy atom. The Morgan fingerprint density at radius 2 is 2.12 bits per heavy atom. The van der Waals surface area contributed by atoms with Gasteiger partial charge in [-0.15, -0.1) is 10.2 Å². The average molecular weight is 362 g/mol. The summed E-state index contributed by atoms with van der Waals surface area (Å²) in [5, 5.41) is 11.2. The molecular weight excluding hydrogens is 344 g/mol. The fourth-order valence-electron chi connectivity index (χ4n) is 2.51. The number of carbonyl (C=O) groups excluding carboxylic acids is 2. The van der Waals surface area contributed by atoms with Crippen molar-refractivity contribution in [3.8, 4) is 0 Å². The van der Waals surface area contributed by atoms with Crippen LogP contribution in [0, 0.1) is 12.8 Å². The third-order valence-corrected chi connectivity index (χ3v) is 5.60. The van der Waals surface area contributed by atoms with Gasteiger partial charge >= 0.3 is 0 Å². The van der Waals surface area contributed by atoms with Crippen molar-refractivity contribution in [3.05, 3.63) is 29.8 Å². The number of hydrogen-bond acceptors (Lipinski definition) is 6. The highest BCUT2D eigenvalue weighted by molar-refractivity contribution is 8.01. The third-order valence-electron chi connectivity index (χ3n) is 3.75. The first-order chi connectivity index (χ1) is 11.6. The zero-order valence-electron chi connectivity index (χ0n) is 13.5. The summed E-state index contributed by atoms with van der Waals surface area (Å²) in [6.07, 6.45) is 0.217. The van der Waals surface area contributed by atoms with E-state index in [1.165, 1.54) is 11.3 Å². The number of aromatic nitrogens is 2. The molecule has 3 rings (SSSR count). The van der Waals surface area contributed by atoms with E-state index in [0.29, 0.717) is 11.7 Å². The molecular formula is C16H18N4O2S2. The van der Waals surface area contributed by atoms with Crippen molar-refractivity contribution in [3.63, 3.8) is 0 Å². The van der Waals surface area contributed by atoms with Crippen LogP contribution in [-0.4, -0.2) is 34.3 Å². The summed E-state index contributed by atoms with van der Waals surface area (Å²) in [7, 11) is 0. The van der Waals surface area contributed by atoms with Crippen LogP contribution in [0.3, 0.4) is 0 Å². The smallest absolute Gasteiger partial charge is 0.231 e. The molecule has 0 unspecified atom stereocenters. The molecule has 2 aromatic rings. The molecule has 0 aliphatic carbocycles. The van der Waals surface area contributed by atoms with E-state index in [9.17, 15) is 9.59 Å². The molecule has 1 N–H and O–H groups in total.